The Kier molecular flexibility index (Phi) is 4.43. The number of aromatic nitrogens is 2. The van der Waals surface area contributed by atoms with E-state index in [9.17, 15) is 4.79 Å². The van der Waals surface area contributed by atoms with E-state index in [-0.39, 0.29) is 17.2 Å². The zero-order valence-corrected chi connectivity index (χ0v) is 16.0. The Bertz CT molecular complexity index is 779. The van der Waals surface area contributed by atoms with Crippen LogP contribution in [-0.2, 0) is 16.6 Å². The summed E-state index contributed by atoms with van der Waals surface area (Å²) in [5.74, 6) is 1.42. The first-order chi connectivity index (χ1) is 11.6. The summed E-state index contributed by atoms with van der Waals surface area (Å²) in [5, 5.41) is 4.14. The lowest BCUT2D eigenvalue weighted by atomic mass is 9.83. The standard InChI is InChI=1S/C20H27N3O2/c1-12-7-15(20(3,4)5)8-13(2)16(12)10-17-21-19(25-22-17)14-9-18(24)23(6)11-14/h7-8,14H,9-11H2,1-6H3/t14-/m1/s1. The summed E-state index contributed by atoms with van der Waals surface area (Å²) in [4.78, 5) is 18.0. The first kappa shape index (κ1) is 17.6. The molecule has 0 N–H and O–H groups in total. The van der Waals surface area contributed by atoms with Crippen LogP contribution in [0.5, 0.6) is 0 Å². The van der Waals surface area contributed by atoms with Gasteiger partial charge in [0.15, 0.2) is 5.82 Å². The number of aryl methyl sites for hydroxylation is 2. The molecule has 0 unspecified atom stereocenters. The lowest BCUT2D eigenvalue weighted by molar-refractivity contribution is -0.126. The largest absolute Gasteiger partial charge is 0.345 e. The van der Waals surface area contributed by atoms with Crippen LogP contribution in [0.1, 0.15) is 67.1 Å². The fourth-order valence-corrected chi connectivity index (χ4v) is 3.40. The van der Waals surface area contributed by atoms with Crippen molar-refractivity contribution >= 4 is 5.91 Å². The van der Waals surface area contributed by atoms with Crippen LogP contribution in [0.4, 0.5) is 0 Å². The molecule has 1 saturated heterocycles. The minimum Gasteiger partial charge on any atom is -0.345 e. The van der Waals surface area contributed by atoms with Crippen molar-refractivity contribution in [3.8, 4) is 0 Å². The molecule has 134 valence electrons. The highest BCUT2D eigenvalue weighted by atomic mass is 16.5. The van der Waals surface area contributed by atoms with Gasteiger partial charge in [-0.25, -0.2) is 0 Å². The molecule has 1 amide bonds. The van der Waals surface area contributed by atoms with Crippen molar-refractivity contribution in [1.82, 2.24) is 15.0 Å². The topological polar surface area (TPSA) is 59.2 Å². The second kappa shape index (κ2) is 6.28. The Morgan fingerprint density at radius 1 is 1.24 bits per heavy atom. The fourth-order valence-electron chi connectivity index (χ4n) is 3.40. The Labute approximate surface area is 149 Å². The molecule has 2 heterocycles. The second-order valence-corrected chi connectivity index (χ2v) is 8.24. The minimum atomic E-state index is 0.0178. The van der Waals surface area contributed by atoms with Crippen LogP contribution in [0, 0.1) is 13.8 Å². The summed E-state index contributed by atoms with van der Waals surface area (Å²) in [6.45, 7) is 11.6. The van der Waals surface area contributed by atoms with E-state index in [2.05, 4.69) is 56.9 Å². The third-order valence-corrected chi connectivity index (χ3v) is 5.07. The second-order valence-electron chi connectivity index (χ2n) is 8.24. The van der Waals surface area contributed by atoms with Crippen LogP contribution in [0.25, 0.3) is 0 Å². The van der Waals surface area contributed by atoms with E-state index in [4.69, 9.17) is 4.52 Å². The Balaban J connectivity index is 1.81. The van der Waals surface area contributed by atoms with E-state index >= 15 is 0 Å². The maximum atomic E-state index is 11.7. The summed E-state index contributed by atoms with van der Waals surface area (Å²) in [7, 11) is 1.81. The normalized spacial score (nSPS) is 18.2. The maximum absolute atomic E-state index is 11.7. The van der Waals surface area contributed by atoms with Gasteiger partial charge in [-0.1, -0.05) is 38.1 Å². The number of carbonyl (C=O) groups excluding carboxylic acids is 1. The third-order valence-electron chi connectivity index (χ3n) is 5.07. The molecule has 0 spiro atoms. The van der Waals surface area contributed by atoms with E-state index in [1.807, 2.05) is 7.05 Å². The highest BCUT2D eigenvalue weighted by Crippen LogP contribution is 2.29. The molecule has 1 atom stereocenters. The first-order valence-corrected chi connectivity index (χ1v) is 8.82. The molecular formula is C20H27N3O2. The predicted octanol–water partition coefficient (Wildman–Crippen LogP) is 3.52. The average Bonchev–Trinajstić information content (AvgIpc) is 3.09. The fraction of sp³-hybridized carbons (Fsp3) is 0.550. The first-order valence-electron chi connectivity index (χ1n) is 8.82. The number of likely N-dealkylation sites (N-methyl/N-ethyl adjacent to an activating group) is 1. The molecule has 1 fully saturated rings. The number of amides is 1. The van der Waals surface area contributed by atoms with Crippen LogP contribution in [0.3, 0.4) is 0 Å². The van der Waals surface area contributed by atoms with Crippen molar-refractivity contribution in [2.24, 2.45) is 0 Å². The molecule has 0 saturated carbocycles. The molecule has 0 aliphatic carbocycles. The molecule has 1 aliphatic rings. The zero-order valence-electron chi connectivity index (χ0n) is 16.0. The summed E-state index contributed by atoms with van der Waals surface area (Å²) in [6.07, 6.45) is 1.11. The van der Waals surface area contributed by atoms with E-state index in [1.165, 1.54) is 22.3 Å². The van der Waals surface area contributed by atoms with Gasteiger partial charge in [0.1, 0.15) is 0 Å². The van der Waals surface area contributed by atoms with Crippen molar-refractivity contribution in [3.05, 3.63) is 46.1 Å². The van der Waals surface area contributed by atoms with Crippen LogP contribution in [0.2, 0.25) is 0 Å². The molecule has 1 aliphatic heterocycles. The van der Waals surface area contributed by atoms with Gasteiger partial charge in [0, 0.05) is 26.4 Å². The molecule has 5 nitrogen and oxygen atoms in total. The number of carbonyl (C=O) groups is 1. The van der Waals surface area contributed by atoms with Gasteiger partial charge in [-0.2, -0.15) is 4.98 Å². The van der Waals surface area contributed by atoms with Gasteiger partial charge in [-0.15, -0.1) is 0 Å². The third kappa shape index (κ3) is 3.60. The van der Waals surface area contributed by atoms with Gasteiger partial charge in [0.05, 0.1) is 5.92 Å². The van der Waals surface area contributed by atoms with Crippen molar-refractivity contribution in [2.75, 3.05) is 13.6 Å². The van der Waals surface area contributed by atoms with E-state index in [1.54, 1.807) is 4.90 Å². The summed E-state index contributed by atoms with van der Waals surface area (Å²) < 4.78 is 5.44. The van der Waals surface area contributed by atoms with Gasteiger partial charge in [0.2, 0.25) is 11.8 Å². The van der Waals surface area contributed by atoms with E-state index in [0.717, 1.165) is 0 Å². The predicted molar refractivity (Wildman–Crippen MR) is 96.7 cm³/mol. The number of hydrogen-bond acceptors (Lipinski definition) is 4. The highest BCUT2D eigenvalue weighted by molar-refractivity contribution is 5.79. The van der Waals surface area contributed by atoms with Crippen molar-refractivity contribution in [3.63, 3.8) is 0 Å². The summed E-state index contributed by atoms with van der Waals surface area (Å²) >= 11 is 0. The Hall–Kier alpha value is -2.17. The number of likely N-dealkylation sites (tertiary alicyclic amines) is 1. The molecule has 0 bridgehead atoms. The van der Waals surface area contributed by atoms with Gasteiger partial charge in [0.25, 0.3) is 0 Å². The quantitative estimate of drug-likeness (QED) is 0.857. The number of rotatable bonds is 3. The molecule has 2 aromatic rings. The smallest absolute Gasteiger partial charge is 0.232 e. The van der Waals surface area contributed by atoms with Gasteiger partial charge in [-0.05, 0) is 41.5 Å². The maximum Gasteiger partial charge on any atom is 0.232 e. The number of hydrogen-bond donors (Lipinski definition) is 0. The molecule has 3 rings (SSSR count). The SMILES string of the molecule is Cc1cc(C(C)(C)C)cc(C)c1Cc1noc([C@@H]2CC(=O)N(C)C2)n1. The number of benzene rings is 1. The molecule has 25 heavy (non-hydrogen) atoms. The molecule has 5 heteroatoms. The molecule has 0 radical (unpaired) electrons. The van der Waals surface area contributed by atoms with Crippen LogP contribution in [0.15, 0.2) is 16.7 Å². The Morgan fingerprint density at radius 2 is 1.88 bits per heavy atom. The highest BCUT2D eigenvalue weighted by Gasteiger charge is 2.32. The van der Waals surface area contributed by atoms with Crippen molar-refractivity contribution in [2.45, 2.75) is 58.8 Å². The van der Waals surface area contributed by atoms with E-state index in [0.29, 0.717) is 31.1 Å². The average molecular weight is 341 g/mol. The van der Waals surface area contributed by atoms with Gasteiger partial charge >= 0.3 is 0 Å². The monoisotopic (exact) mass is 341 g/mol. The van der Waals surface area contributed by atoms with Crippen molar-refractivity contribution < 1.29 is 9.32 Å². The lowest BCUT2D eigenvalue weighted by Crippen LogP contribution is -2.18. The van der Waals surface area contributed by atoms with Crippen LogP contribution in [-0.4, -0.2) is 34.5 Å². The lowest BCUT2D eigenvalue weighted by Gasteiger charge is -2.22. The van der Waals surface area contributed by atoms with E-state index < -0.39 is 0 Å². The number of nitrogens with zero attached hydrogens (tertiary/aromatic N) is 3. The van der Waals surface area contributed by atoms with Gasteiger partial charge in [-0.3, -0.25) is 4.79 Å². The minimum absolute atomic E-state index is 0.0178. The molecule has 1 aromatic heterocycles. The van der Waals surface area contributed by atoms with Crippen LogP contribution >= 0.6 is 0 Å². The van der Waals surface area contributed by atoms with Crippen LogP contribution < -0.4 is 0 Å². The molecule has 1 aromatic carbocycles. The summed E-state index contributed by atoms with van der Waals surface area (Å²) in [5.41, 5.74) is 5.24. The van der Waals surface area contributed by atoms with Crippen molar-refractivity contribution in [1.29, 1.82) is 0 Å². The zero-order chi connectivity index (χ0) is 18.4. The Morgan fingerprint density at radius 3 is 2.40 bits per heavy atom. The summed E-state index contributed by atoms with van der Waals surface area (Å²) in [6, 6.07) is 4.52. The van der Waals surface area contributed by atoms with Gasteiger partial charge < -0.3 is 9.42 Å². The molecular weight excluding hydrogens is 314 g/mol.